The van der Waals surface area contributed by atoms with Crippen LogP contribution >= 0.6 is 0 Å². The molecule has 126 valence electrons. The van der Waals surface area contributed by atoms with Crippen molar-refractivity contribution in [3.05, 3.63) is 60.2 Å². The monoisotopic (exact) mass is 325 g/mol. The van der Waals surface area contributed by atoms with Crippen molar-refractivity contribution in [1.82, 2.24) is 10.2 Å². The predicted octanol–water partition coefficient (Wildman–Crippen LogP) is 2.86. The zero-order chi connectivity index (χ0) is 16.8. The lowest BCUT2D eigenvalue weighted by atomic mass is 10.2. The number of para-hydroxylation sites is 1. The maximum atomic E-state index is 12.2. The van der Waals surface area contributed by atoms with Crippen molar-refractivity contribution in [1.29, 1.82) is 0 Å². The first-order chi connectivity index (χ1) is 11.7. The van der Waals surface area contributed by atoms with Crippen molar-refractivity contribution in [2.24, 2.45) is 0 Å². The average molecular weight is 325 g/mol. The van der Waals surface area contributed by atoms with Gasteiger partial charge in [0.25, 0.3) is 0 Å². The molecule has 0 saturated carbocycles. The number of nitrogens with one attached hydrogen (secondary N) is 1. The van der Waals surface area contributed by atoms with Gasteiger partial charge in [0.15, 0.2) is 6.73 Å². The van der Waals surface area contributed by atoms with E-state index in [1.807, 2.05) is 35.2 Å². The molecule has 0 radical (unpaired) electrons. The molecule has 2 aromatic rings. The van der Waals surface area contributed by atoms with E-state index < -0.39 is 0 Å². The second kappa shape index (κ2) is 7.73. The Labute approximate surface area is 142 Å². The minimum atomic E-state index is -0.0742. The molecule has 0 atom stereocenters. The molecular formula is C19H23N3O2. The Morgan fingerprint density at radius 2 is 1.79 bits per heavy atom. The first-order valence-electron chi connectivity index (χ1n) is 8.24. The van der Waals surface area contributed by atoms with Crippen molar-refractivity contribution in [2.75, 3.05) is 37.8 Å². The minimum absolute atomic E-state index is 0.0742. The molecule has 5 heteroatoms. The van der Waals surface area contributed by atoms with Crippen molar-refractivity contribution in [3.8, 4) is 5.75 Å². The number of rotatable bonds is 4. The summed E-state index contributed by atoms with van der Waals surface area (Å²) in [6.07, 6.45) is 0. The van der Waals surface area contributed by atoms with Gasteiger partial charge in [-0.2, -0.15) is 0 Å². The molecule has 0 spiro atoms. The van der Waals surface area contributed by atoms with Crippen LogP contribution in [-0.4, -0.2) is 43.8 Å². The number of urea groups is 1. The summed E-state index contributed by atoms with van der Waals surface area (Å²) >= 11 is 0. The lowest BCUT2D eigenvalue weighted by Gasteiger charge is -2.36. The molecule has 0 unspecified atom stereocenters. The Balaban J connectivity index is 1.43. The summed E-state index contributed by atoms with van der Waals surface area (Å²) in [5, 5.41) is 2.81. The second-order valence-corrected chi connectivity index (χ2v) is 5.90. The predicted molar refractivity (Wildman–Crippen MR) is 95.4 cm³/mol. The van der Waals surface area contributed by atoms with E-state index in [2.05, 4.69) is 41.4 Å². The van der Waals surface area contributed by atoms with Crippen molar-refractivity contribution in [3.63, 3.8) is 0 Å². The van der Waals surface area contributed by atoms with Crippen LogP contribution in [-0.2, 0) is 0 Å². The smallest absolute Gasteiger partial charge is 0.320 e. The van der Waals surface area contributed by atoms with Crippen molar-refractivity contribution in [2.45, 2.75) is 6.92 Å². The average Bonchev–Trinajstić information content (AvgIpc) is 2.63. The zero-order valence-electron chi connectivity index (χ0n) is 13.9. The van der Waals surface area contributed by atoms with Crippen molar-refractivity contribution < 1.29 is 9.53 Å². The van der Waals surface area contributed by atoms with Crippen LogP contribution in [0.25, 0.3) is 0 Å². The molecule has 24 heavy (non-hydrogen) atoms. The number of carbonyl (C=O) groups excluding carboxylic acids is 1. The third-order valence-corrected chi connectivity index (χ3v) is 4.14. The summed E-state index contributed by atoms with van der Waals surface area (Å²) in [6, 6.07) is 17.9. The maximum absolute atomic E-state index is 12.2. The third-order valence-electron chi connectivity index (χ3n) is 4.14. The molecule has 2 aromatic carbocycles. The van der Waals surface area contributed by atoms with E-state index in [0.29, 0.717) is 13.1 Å². The summed E-state index contributed by atoms with van der Waals surface area (Å²) in [4.78, 5) is 16.4. The fraction of sp³-hybridized carbons (Fsp3) is 0.316. The van der Waals surface area contributed by atoms with Gasteiger partial charge in [-0.3, -0.25) is 0 Å². The van der Waals surface area contributed by atoms with Crippen LogP contribution in [0.4, 0.5) is 10.5 Å². The van der Waals surface area contributed by atoms with Gasteiger partial charge in [0.2, 0.25) is 0 Å². The summed E-state index contributed by atoms with van der Waals surface area (Å²) in [7, 11) is 0. The Morgan fingerprint density at radius 1 is 1.04 bits per heavy atom. The molecule has 3 rings (SSSR count). The van der Waals surface area contributed by atoms with Crippen LogP contribution in [0.2, 0.25) is 0 Å². The highest BCUT2D eigenvalue weighted by molar-refractivity contribution is 5.74. The molecular weight excluding hydrogens is 302 g/mol. The highest BCUT2D eigenvalue weighted by atomic mass is 16.5. The topological polar surface area (TPSA) is 44.8 Å². The Hall–Kier alpha value is -2.69. The van der Waals surface area contributed by atoms with Gasteiger partial charge in [0.05, 0.1) is 0 Å². The fourth-order valence-corrected chi connectivity index (χ4v) is 2.80. The Bertz CT molecular complexity index is 667. The molecule has 0 aliphatic carbocycles. The molecule has 1 aliphatic rings. The van der Waals surface area contributed by atoms with Crippen LogP contribution < -0.4 is 15.0 Å². The van der Waals surface area contributed by atoms with Gasteiger partial charge in [-0.1, -0.05) is 30.3 Å². The number of carbonyl (C=O) groups is 1. The molecule has 2 amide bonds. The van der Waals surface area contributed by atoms with E-state index in [-0.39, 0.29) is 12.8 Å². The van der Waals surface area contributed by atoms with E-state index in [9.17, 15) is 4.79 Å². The summed E-state index contributed by atoms with van der Waals surface area (Å²) < 4.78 is 5.50. The number of nitrogens with zero attached hydrogens (tertiary/aromatic N) is 2. The van der Waals surface area contributed by atoms with Crippen molar-refractivity contribution >= 4 is 11.7 Å². The van der Waals surface area contributed by atoms with Gasteiger partial charge in [-0.15, -0.1) is 0 Å². The Kier molecular flexibility index (Phi) is 5.21. The maximum Gasteiger partial charge on any atom is 0.320 e. The molecule has 1 N–H and O–H groups in total. The SMILES string of the molecule is Cc1cccc(N2CCN(C(=O)NCOc3ccccc3)CC2)c1. The number of ether oxygens (including phenoxy) is 1. The number of amides is 2. The van der Waals surface area contributed by atoms with E-state index in [1.54, 1.807) is 0 Å². The van der Waals surface area contributed by atoms with Crippen LogP contribution in [0.1, 0.15) is 5.56 Å². The van der Waals surface area contributed by atoms with Gasteiger partial charge in [-0.25, -0.2) is 4.79 Å². The standard InChI is InChI=1S/C19H23N3O2/c1-16-6-5-7-17(14-16)21-10-12-22(13-11-21)19(23)20-15-24-18-8-3-2-4-9-18/h2-9,14H,10-13,15H2,1H3,(H,20,23). The van der Waals surface area contributed by atoms with E-state index in [4.69, 9.17) is 4.74 Å². The number of hydrogen-bond donors (Lipinski definition) is 1. The molecule has 0 aromatic heterocycles. The fourth-order valence-electron chi connectivity index (χ4n) is 2.80. The number of anilines is 1. The van der Waals surface area contributed by atoms with Gasteiger partial charge < -0.3 is 19.9 Å². The highest BCUT2D eigenvalue weighted by Gasteiger charge is 2.21. The Morgan fingerprint density at radius 3 is 2.50 bits per heavy atom. The van der Waals surface area contributed by atoms with Crippen LogP contribution in [0.3, 0.4) is 0 Å². The summed E-state index contributed by atoms with van der Waals surface area (Å²) in [6.45, 7) is 5.39. The van der Waals surface area contributed by atoms with Gasteiger partial charge in [0.1, 0.15) is 5.75 Å². The molecule has 0 bridgehead atoms. The summed E-state index contributed by atoms with van der Waals surface area (Å²) in [5.41, 5.74) is 2.48. The highest BCUT2D eigenvalue weighted by Crippen LogP contribution is 2.17. The van der Waals surface area contributed by atoms with E-state index in [1.165, 1.54) is 11.3 Å². The number of piperazine rings is 1. The second-order valence-electron chi connectivity index (χ2n) is 5.90. The number of benzene rings is 2. The van der Waals surface area contributed by atoms with Gasteiger partial charge in [0, 0.05) is 31.9 Å². The first kappa shape index (κ1) is 16.2. The minimum Gasteiger partial charge on any atom is -0.473 e. The van der Waals surface area contributed by atoms with E-state index in [0.717, 1.165) is 18.8 Å². The number of hydrogen-bond acceptors (Lipinski definition) is 3. The number of aryl methyl sites for hydroxylation is 1. The largest absolute Gasteiger partial charge is 0.473 e. The van der Waals surface area contributed by atoms with Crippen LogP contribution in [0, 0.1) is 6.92 Å². The molecule has 1 fully saturated rings. The van der Waals surface area contributed by atoms with E-state index >= 15 is 0 Å². The van der Waals surface area contributed by atoms with Crippen LogP contribution in [0.15, 0.2) is 54.6 Å². The third kappa shape index (κ3) is 4.19. The lowest BCUT2D eigenvalue weighted by molar-refractivity contribution is 0.181. The van der Waals surface area contributed by atoms with Gasteiger partial charge >= 0.3 is 6.03 Å². The van der Waals surface area contributed by atoms with Gasteiger partial charge in [-0.05, 0) is 36.8 Å². The zero-order valence-corrected chi connectivity index (χ0v) is 13.9. The normalized spacial score (nSPS) is 14.4. The molecule has 1 aliphatic heterocycles. The molecule has 5 nitrogen and oxygen atoms in total. The van der Waals surface area contributed by atoms with Crippen LogP contribution in [0.5, 0.6) is 5.75 Å². The molecule has 1 heterocycles. The lowest BCUT2D eigenvalue weighted by Crippen LogP contribution is -2.52. The first-order valence-corrected chi connectivity index (χ1v) is 8.24. The quantitative estimate of drug-likeness (QED) is 0.879. The molecule has 1 saturated heterocycles. The summed E-state index contributed by atoms with van der Waals surface area (Å²) in [5.74, 6) is 0.752.